The van der Waals surface area contributed by atoms with Crippen molar-refractivity contribution in [3.63, 3.8) is 0 Å². The van der Waals surface area contributed by atoms with E-state index in [0.29, 0.717) is 24.8 Å². The molecule has 2 heterocycles. The average molecular weight is 242 g/mol. The van der Waals surface area contributed by atoms with E-state index >= 15 is 0 Å². The number of aryl methyl sites for hydroxylation is 1. The fourth-order valence-electron chi connectivity index (χ4n) is 1.52. The summed E-state index contributed by atoms with van der Waals surface area (Å²) in [5.41, 5.74) is 0. The Labute approximate surface area is 97.6 Å². The summed E-state index contributed by atoms with van der Waals surface area (Å²) >= 11 is 1.37. The van der Waals surface area contributed by atoms with Crippen LogP contribution in [0.4, 0.5) is 9.93 Å². The molecule has 1 aromatic heterocycles. The lowest BCUT2D eigenvalue weighted by molar-refractivity contribution is -0.00138. The van der Waals surface area contributed by atoms with Crippen LogP contribution in [0.15, 0.2) is 0 Å². The molecule has 1 fully saturated rings. The van der Waals surface area contributed by atoms with Crippen LogP contribution in [0.2, 0.25) is 0 Å². The third kappa shape index (κ3) is 2.67. The largest absolute Gasteiger partial charge is 0.375 e. The van der Waals surface area contributed by atoms with Crippen LogP contribution in [0.3, 0.4) is 0 Å². The number of carbonyl (C=O) groups excluding carboxylic acids is 1. The maximum Gasteiger partial charge on any atom is 0.323 e. The molecule has 0 radical (unpaired) electrons. The summed E-state index contributed by atoms with van der Waals surface area (Å²) in [5, 5.41) is 11.8. The second kappa shape index (κ2) is 4.75. The van der Waals surface area contributed by atoms with Crippen molar-refractivity contribution in [3.8, 4) is 0 Å². The maximum atomic E-state index is 11.8. The molecule has 1 aliphatic heterocycles. The normalized spacial score (nSPS) is 20.9. The van der Waals surface area contributed by atoms with Gasteiger partial charge in [-0.15, -0.1) is 10.2 Å². The maximum absolute atomic E-state index is 11.8. The Morgan fingerprint density at radius 3 is 3.06 bits per heavy atom. The molecule has 0 aromatic carbocycles. The zero-order chi connectivity index (χ0) is 11.5. The van der Waals surface area contributed by atoms with Crippen molar-refractivity contribution in [2.75, 3.05) is 25.0 Å². The van der Waals surface area contributed by atoms with Crippen molar-refractivity contribution in [1.82, 2.24) is 15.1 Å². The quantitative estimate of drug-likeness (QED) is 0.800. The van der Waals surface area contributed by atoms with Gasteiger partial charge in [-0.3, -0.25) is 5.32 Å². The van der Waals surface area contributed by atoms with Crippen LogP contribution >= 0.6 is 11.3 Å². The van der Waals surface area contributed by atoms with Crippen LogP contribution in [-0.2, 0) is 4.74 Å². The Balaban J connectivity index is 1.92. The van der Waals surface area contributed by atoms with E-state index in [1.165, 1.54) is 11.3 Å². The molecule has 0 saturated carbocycles. The number of hydrogen-bond acceptors (Lipinski definition) is 5. The fraction of sp³-hybridized carbons (Fsp3) is 0.667. The summed E-state index contributed by atoms with van der Waals surface area (Å²) in [6.45, 7) is 5.62. The van der Waals surface area contributed by atoms with Crippen molar-refractivity contribution in [2.24, 2.45) is 0 Å². The molecule has 1 aliphatic rings. The van der Waals surface area contributed by atoms with E-state index in [-0.39, 0.29) is 12.1 Å². The van der Waals surface area contributed by atoms with Gasteiger partial charge in [0, 0.05) is 13.1 Å². The van der Waals surface area contributed by atoms with Gasteiger partial charge in [0.2, 0.25) is 5.13 Å². The van der Waals surface area contributed by atoms with Gasteiger partial charge in [-0.1, -0.05) is 11.3 Å². The van der Waals surface area contributed by atoms with Crippen LogP contribution in [0.25, 0.3) is 0 Å². The van der Waals surface area contributed by atoms with E-state index in [9.17, 15) is 4.79 Å². The second-order valence-corrected chi connectivity index (χ2v) is 4.87. The molecule has 1 atom stereocenters. The molecule has 2 rings (SSSR count). The summed E-state index contributed by atoms with van der Waals surface area (Å²) in [6.07, 6.45) is 0.0932. The molecule has 0 spiro atoms. The first kappa shape index (κ1) is 11.3. The molecule has 6 nitrogen and oxygen atoms in total. The number of anilines is 1. The SMILES string of the molecule is Cc1nnc(NC(=O)N2CCOC(C)C2)s1. The van der Waals surface area contributed by atoms with Crippen molar-refractivity contribution in [3.05, 3.63) is 5.01 Å². The van der Waals surface area contributed by atoms with E-state index in [1.807, 2.05) is 13.8 Å². The Kier molecular flexibility index (Phi) is 3.35. The van der Waals surface area contributed by atoms with Crippen LogP contribution in [0, 0.1) is 6.92 Å². The van der Waals surface area contributed by atoms with Gasteiger partial charge < -0.3 is 9.64 Å². The highest BCUT2D eigenvalue weighted by Crippen LogP contribution is 2.15. The van der Waals surface area contributed by atoms with Crippen LogP contribution in [-0.4, -0.2) is 46.9 Å². The lowest BCUT2D eigenvalue weighted by Crippen LogP contribution is -2.46. The van der Waals surface area contributed by atoms with Crippen molar-refractivity contribution >= 4 is 22.5 Å². The number of morpholine rings is 1. The van der Waals surface area contributed by atoms with Gasteiger partial charge in [0.15, 0.2) is 0 Å². The first-order valence-electron chi connectivity index (χ1n) is 5.13. The van der Waals surface area contributed by atoms with E-state index in [1.54, 1.807) is 4.90 Å². The molecule has 1 N–H and O–H groups in total. The minimum Gasteiger partial charge on any atom is -0.375 e. The number of carbonyl (C=O) groups is 1. The monoisotopic (exact) mass is 242 g/mol. The number of urea groups is 1. The highest BCUT2D eigenvalue weighted by Gasteiger charge is 2.21. The van der Waals surface area contributed by atoms with Crippen molar-refractivity contribution in [2.45, 2.75) is 20.0 Å². The summed E-state index contributed by atoms with van der Waals surface area (Å²) in [5.74, 6) is 0. The lowest BCUT2D eigenvalue weighted by atomic mass is 10.3. The molecule has 0 aliphatic carbocycles. The number of ether oxygens (including phenoxy) is 1. The number of nitrogens with zero attached hydrogens (tertiary/aromatic N) is 3. The summed E-state index contributed by atoms with van der Waals surface area (Å²) in [7, 11) is 0. The van der Waals surface area contributed by atoms with Crippen LogP contribution in [0.1, 0.15) is 11.9 Å². The number of aromatic nitrogens is 2. The van der Waals surface area contributed by atoms with Crippen molar-refractivity contribution < 1.29 is 9.53 Å². The summed E-state index contributed by atoms with van der Waals surface area (Å²) in [4.78, 5) is 13.5. The minimum atomic E-state index is -0.133. The highest BCUT2D eigenvalue weighted by atomic mass is 32.1. The second-order valence-electron chi connectivity index (χ2n) is 3.68. The molecule has 2 amide bonds. The highest BCUT2D eigenvalue weighted by molar-refractivity contribution is 7.15. The number of rotatable bonds is 1. The minimum absolute atomic E-state index is 0.0932. The number of amides is 2. The zero-order valence-corrected chi connectivity index (χ0v) is 10.1. The molecule has 1 saturated heterocycles. The summed E-state index contributed by atoms with van der Waals surface area (Å²) < 4.78 is 5.37. The third-order valence-electron chi connectivity index (χ3n) is 2.27. The molecule has 1 aromatic rings. The smallest absolute Gasteiger partial charge is 0.323 e. The van der Waals surface area contributed by atoms with E-state index in [2.05, 4.69) is 15.5 Å². The molecule has 1 unspecified atom stereocenters. The van der Waals surface area contributed by atoms with Crippen molar-refractivity contribution in [1.29, 1.82) is 0 Å². The predicted octanol–water partition coefficient (Wildman–Crippen LogP) is 1.10. The summed E-state index contributed by atoms with van der Waals surface area (Å²) in [6, 6.07) is -0.133. The molecular weight excluding hydrogens is 228 g/mol. The van der Waals surface area contributed by atoms with Gasteiger partial charge in [0.1, 0.15) is 5.01 Å². The van der Waals surface area contributed by atoms with E-state index in [0.717, 1.165) is 5.01 Å². The first-order chi connectivity index (χ1) is 7.65. The number of nitrogens with one attached hydrogen (secondary N) is 1. The van der Waals surface area contributed by atoms with E-state index in [4.69, 9.17) is 4.74 Å². The predicted molar refractivity (Wildman–Crippen MR) is 60.7 cm³/mol. The average Bonchev–Trinajstić information content (AvgIpc) is 2.64. The fourth-order valence-corrected chi connectivity index (χ4v) is 2.10. The van der Waals surface area contributed by atoms with Gasteiger partial charge >= 0.3 is 6.03 Å². The van der Waals surface area contributed by atoms with E-state index < -0.39 is 0 Å². The Bertz CT molecular complexity index is 381. The van der Waals surface area contributed by atoms with Gasteiger partial charge in [-0.05, 0) is 13.8 Å². The van der Waals surface area contributed by atoms with Crippen LogP contribution < -0.4 is 5.32 Å². The lowest BCUT2D eigenvalue weighted by Gasteiger charge is -2.30. The van der Waals surface area contributed by atoms with Gasteiger partial charge in [0.05, 0.1) is 12.7 Å². The molecule has 16 heavy (non-hydrogen) atoms. The van der Waals surface area contributed by atoms with Crippen LogP contribution in [0.5, 0.6) is 0 Å². The topological polar surface area (TPSA) is 67.4 Å². The standard InChI is InChI=1S/C9H14N4O2S/c1-6-5-13(3-4-15-6)9(14)10-8-12-11-7(2)16-8/h6H,3-5H2,1-2H3,(H,10,12,14). The van der Waals surface area contributed by atoms with Gasteiger partial charge in [0.25, 0.3) is 0 Å². The zero-order valence-electron chi connectivity index (χ0n) is 9.27. The molecule has 88 valence electrons. The number of hydrogen-bond donors (Lipinski definition) is 1. The third-order valence-corrected chi connectivity index (χ3v) is 3.02. The van der Waals surface area contributed by atoms with Gasteiger partial charge in [-0.2, -0.15) is 0 Å². The van der Waals surface area contributed by atoms with Gasteiger partial charge in [-0.25, -0.2) is 4.79 Å². The Morgan fingerprint density at radius 2 is 2.44 bits per heavy atom. The molecule has 7 heteroatoms. The first-order valence-corrected chi connectivity index (χ1v) is 5.94. The molecular formula is C9H14N4O2S. The Hall–Kier alpha value is -1.21. The Morgan fingerprint density at radius 1 is 1.62 bits per heavy atom. The molecule has 0 bridgehead atoms.